The van der Waals surface area contributed by atoms with Gasteiger partial charge in [-0.2, -0.15) is 0 Å². The summed E-state index contributed by atoms with van der Waals surface area (Å²) in [6, 6.07) is 16.8. The fourth-order valence-electron chi connectivity index (χ4n) is 2.11. The molecule has 0 saturated heterocycles. The van der Waals surface area contributed by atoms with Gasteiger partial charge in [0, 0.05) is 5.57 Å². The number of carbonyl (C=O) groups is 2. The first-order valence-electron chi connectivity index (χ1n) is 7.61. The van der Waals surface area contributed by atoms with E-state index in [9.17, 15) is 18.0 Å². The van der Waals surface area contributed by atoms with Crippen LogP contribution in [0.25, 0.3) is 5.57 Å². The van der Waals surface area contributed by atoms with Crippen LogP contribution >= 0.6 is 0 Å². The summed E-state index contributed by atoms with van der Waals surface area (Å²) in [5.41, 5.74) is 1.79. The number of nitrogens with one attached hydrogen (secondary N) is 2. The molecule has 2 aromatic carbocycles. The van der Waals surface area contributed by atoms with Crippen molar-refractivity contribution >= 4 is 27.6 Å². The van der Waals surface area contributed by atoms with Gasteiger partial charge in [-0.1, -0.05) is 60.7 Å². The van der Waals surface area contributed by atoms with Gasteiger partial charge in [-0.15, -0.1) is 0 Å². The third-order valence-corrected chi connectivity index (χ3v) is 4.31. The molecule has 2 amide bonds. The van der Waals surface area contributed by atoms with E-state index < -0.39 is 28.6 Å². The zero-order valence-electron chi connectivity index (χ0n) is 14.0. The van der Waals surface area contributed by atoms with E-state index in [1.807, 2.05) is 16.9 Å². The monoisotopic (exact) mass is 374 g/mol. The van der Waals surface area contributed by atoms with Crippen LogP contribution in [0.15, 0.2) is 66.1 Å². The van der Waals surface area contributed by atoms with Gasteiger partial charge in [0.15, 0.2) is 0 Å². The quantitative estimate of drug-likeness (QED) is 0.752. The van der Waals surface area contributed by atoms with Crippen molar-refractivity contribution < 1.29 is 22.7 Å². The van der Waals surface area contributed by atoms with E-state index >= 15 is 0 Å². The number of hydrogen-bond acceptors (Lipinski definition) is 5. The minimum atomic E-state index is -4.11. The normalized spacial score (nSPS) is 10.5. The Labute approximate surface area is 151 Å². The zero-order valence-corrected chi connectivity index (χ0v) is 14.8. The van der Waals surface area contributed by atoms with Gasteiger partial charge in [0.25, 0.3) is 10.0 Å². The number of hydrogen-bond donors (Lipinski definition) is 2. The van der Waals surface area contributed by atoms with Gasteiger partial charge in [-0.3, -0.25) is 4.79 Å². The van der Waals surface area contributed by atoms with E-state index in [0.717, 1.165) is 12.5 Å². The van der Waals surface area contributed by atoms with E-state index in [2.05, 4.69) is 10.1 Å². The molecule has 0 unspecified atom stereocenters. The Morgan fingerprint density at radius 1 is 0.962 bits per heavy atom. The number of carbonyl (C=O) groups excluding carboxylic acids is 2. The van der Waals surface area contributed by atoms with Gasteiger partial charge in [0.2, 0.25) is 0 Å². The summed E-state index contributed by atoms with van der Waals surface area (Å²) >= 11 is 0. The summed E-state index contributed by atoms with van der Waals surface area (Å²) in [7, 11) is -2.95. The molecule has 0 saturated carbocycles. The molecule has 2 N–H and O–H groups in total. The SMILES string of the molecule is COC(=O)CNC(=O)NS(=O)(=O)C=C(c1ccccc1)c1ccccc1. The van der Waals surface area contributed by atoms with Crippen LogP contribution in [0, 0.1) is 0 Å². The van der Waals surface area contributed by atoms with Crippen LogP contribution in [0.1, 0.15) is 11.1 Å². The van der Waals surface area contributed by atoms with Crippen LogP contribution in [0.2, 0.25) is 0 Å². The average Bonchev–Trinajstić information content (AvgIpc) is 2.65. The molecule has 26 heavy (non-hydrogen) atoms. The van der Waals surface area contributed by atoms with Crippen molar-refractivity contribution in [1.82, 2.24) is 10.0 Å². The molecule has 7 nitrogen and oxygen atoms in total. The second kappa shape index (κ2) is 8.82. The molecule has 2 aromatic rings. The highest BCUT2D eigenvalue weighted by molar-refractivity contribution is 7.93. The van der Waals surface area contributed by atoms with Crippen molar-refractivity contribution in [3.05, 3.63) is 77.2 Å². The fraction of sp³-hybridized carbons (Fsp3) is 0.111. The lowest BCUT2D eigenvalue weighted by atomic mass is 10.00. The van der Waals surface area contributed by atoms with E-state index in [-0.39, 0.29) is 0 Å². The minimum absolute atomic E-state index is 0.430. The van der Waals surface area contributed by atoms with E-state index in [1.54, 1.807) is 48.5 Å². The fourth-order valence-corrected chi connectivity index (χ4v) is 3.08. The number of esters is 1. The maximum atomic E-state index is 12.3. The highest BCUT2D eigenvalue weighted by Crippen LogP contribution is 2.24. The van der Waals surface area contributed by atoms with Crippen molar-refractivity contribution in [2.75, 3.05) is 13.7 Å². The summed E-state index contributed by atoms with van der Waals surface area (Å²) < 4.78 is 30.9. The Bertz CT molecular complexity index is 852. The summed E-state index contributed by atoms with van der Waals surface area (Å²) in [6.45, 7) is -0.439. The van der Waals surface area contributed by atoms with Gasteiger partial charge < -0.3 is 10.1 Å². The molecule has 0 fully saturated rings. The molecule has 0 spiro atoms. The second-order valence-electron chi connectivity index (χ2n) is 5.17. The molecule has 136 valence electrons. The van der Waals surface area contributed by atoms with Gasteiger partial charge >= 0.3 is 12.0 Å². The van der Waals surface area contributed by atoms with E-state index in [4.69, 9.17) is 0 Å². The largest absolute Gasteiger partial charge is 0.468 e. The van der Waals surface area contributed by atoms with Gasteiger partial charge in [-0.25, -0.2) is 17.9 Å². The number of urea groups is 1. The third-order valence-electron chi connectivity index (χ3n) is 3.30. The molecule has 0 aromatic heterocycles. The maximum absolute atomic E-state index is 12.3. The summed E-state index contributed by atoms with van der Waals surface area (Å²) in [5, 5.41) is 3.09. The van der Waals surface area contributed by atoms with Crippen LogP contribution in [0.5, 0.6) is 0 Å². The van der Waals surface area contributed by atoms with Crippen molar-refractivity contribution in [2.45, 2.75) is 0 Å². The molecule has 8 heteroatoms. The number of benzene rings is 2. The van der Waals surface area contributed by atoms with Crippen molar-refractivity contribution in [3.8, 4) is 0 Å². The van der Waals surface area contributed by atoms with Gasteiger partial charge in [-0.05, 0) is 11.1 Å². The lowest BCUT2D eigenvalue weighted by Gasteiger charge is -2.10. The van der Waals surface area contributed by atoms with Crippen LogP contribution in [-0.2, 0) is 19.6 Å². The highest BCUT2D eigenvalue weighted by Gasteiger charge is 2.16. The molecule has 0 heterocycles. The van der Waals surface area contributed by atoms with Crippen molar-refractivity contribution in [1.29, 1.82) is 0 Å². The topological polar surface area (TPSA) is 102 Å². The Morgan fingerprint density at radius 2 is 1.46 bits per heavy atom. The number of rotatable bonds is 6. The lowest BCUT2D eigenvalue weighted by molar-refractivity contribution is -0.139. The minimum Gasteiger partial charge on any atom is -0.468 e. The second-order valence-corrected chi connectivity index (χ2v) is 6.70. The highest BCUT2D eigenvalue weighted by atomic mass is 32.2. The van der Waals surface area contributed by atoms with Gasteiger partial charge in [0.05, 0.1) is 12.5 Å². The van der Waals surface area contributed by atoms with Crippen LogP contribution in [0.4, 0.5) is 4.79 Å². The van der Waals surface area contributed by atoms with Crippen LogP contribution < -0.4 is 10.0 Å². The maximum Gasteiger partial charge on any atom is 0.329 e. The Morgan fingerprint density at radius 3 is 1.92 bits per heavy atom. The molecule has 0 aliphatic rings. The standard InChI is InChI=1S/C18H18N2O5S/c1-25-17(21)12-19-18(22)20-26(23,24)13-16(14-8-4-2-5-9-14)15-10-6-3-7-11-15/h2-11,13H,12H2,1H3,(H2,19,20,22). The summed E-state index contributed by atoms with van der Waals surface area (Å²) in [5.74, 6) is -0.692. The molecule has 2 rings (SSSR count). The predicted octanol–water partition coefficient (Wildman–Crippen LogP) is 1.88. The molecule has 0 radical (unpaired) electrons. The third kappa shape index (κ3) is 5.75. The van der Waals surface area contributed by atoms with E-state index in [0.29, 0.717) is 16.7 Å². The van der Waals surface area contributed by atoms with Crippen molar-refractivity contribution in [2.24, 2.45) is 0 Å². The molecule has 0 aliphatic carbocycles. The molecular weight excluding hydrogens is 356 g/mol. The number of amides is 2. The Balaban J connectivity index is 2.28. The Hall–Kier alpha value is -3.13. The molecular formula is C18H18N2O5S. The average molecular weight is 374 g/mol. The number of methoxy groups -OCH3 is 1. The number of ether oxygens (including phenoxy) is 1. The lowest BCUT2D eigenvalue weighted by Crippen LogP contribution is -2.41. The predicted molar refractivity (Wildman–Crippen MR) is 97.4 cm³/mol. The smallest absolute Gasteiger partial charge is 0.329 e. The zero-order chi connectivity index (χ0) is 19.0. The number of sulfonamides is 1. The summed E-state index contributed by atoms with van der Waals surface area (Å²) in [6.07, 6.45) is 0. The summed E-state index contributed by atoms with van der Waals surface area (Å²) in [4.78, 5) is 22.7. The van der Waals surface area contributed by atoms with Gasteiger partial charge in [0.1, 0.15) is 6.54 Å². The first-order chi connectivity index (χ1) is 12.4. The molecule has 0 aliphatic heterocycles. The van der Waals surface area contributed by atoms with Crippen LogP contribution in [-0.4, -0.2) is 34.1 Å². The van der Waals surface area contributed by atoms with Crippen molar-refractivity contribution in [3.63, 3.8) is 0 Å². The Kier molecular flexibility index (Phi) is 6.51. The van der Waals surface area contributed by atoms with Crippen LogP contribution in [0.3, 0.4) is 0 Å². The molecule has 0 bridgehead atoms. The first kappa shape index (κ1) is 19.2. The molecule has 0 atom stereocenters. The first-order valence-corrected chi connectivity index (χ1v) is 9.16. The van der Waals surface area contributed by atoms with E-state index in [1.165, 1.54) is 0 Å².